The van der Waals surface area contributed by atoms with Gasteiger partial charge in [0.25, 0.3) is 5.91 Å². The van der Waals surface area contributed by atoms with Crippen molar-refractivity contribution in [2.45, 2.75) is 6.42 Å². The maximum atomic E-state index is 13.2. The minimum atomic E-state index is -0.229. The van der Waals surface area contributed by atoms with Crippen molar-refractivity contribution in [1.29, 1.82) is 0 Å². The van der Waals surface area contributed by atoms with Crippen LogP contribution in [0.15, 0.2) is 72.8 Å². The lowest BCUT2D eigenvalue weighted by Gasteiger charge is -2.11. The molecule has 0 radical (unpaired) electrons. The number of aromatic nitrogens is 2. The highest BCUT2D eigenvalue weighted by molar-refractivity contribution is 6.30. The molecule has 180 valence electrons. The van der Waals surface area contributed by atoms with Gasteiger partial charge in [0.2, 0.25) is 0 Å². The van der Waals surface area contributed by atoms with E-state index in [0.717, 1.165) is 22.6 Å². The second kappa shape index (κ2) is 11.0. The van der Waals surface area contributed by atoms with Gasteiger partial charge in [-0.15, -0.1) is 0 Å². The van der Waals surface area contributed by atoms with Crippen molar-refractivity contribution < 1.29 is 19.0 Å². The van der Waals surface area contributed by atoms with E-state index >= 15 is 0 Å². The maximum absolute atomic E-state index is 13.2. The molecule has 4 rings (SSSR count). The molecule has 0 unspecified atom stereocenters. The third kappa shape index (κ3) is 5.58. The van der Waals surface area contributed by atoms with Crippen LogP contribution >= 0.6 is 11.6 Å². The first-order valence-corrected chi connectivity index (χ1v) is 11.4. The summed E-state index contributed by atoms with van der Waals surface area (Å²) in [6.07, 6.45) is 0.631. The molecule has 0 aliphatic heterocycles. The van der Waals surface area contributed by atoms with Crippen LogP contribution in [0.1, 0.15) is 16.1 Å². The number of nitrogens with one attached hydrogen (secondary N) is 1. The molecule has 7 nitrogen and oxygen atoms in total. The number of ether oxygens (including phenoxy) is 3. The number of rotatable bonds is 9. The number of nitrogens with zero attached hydrogens (tertiary/aromatic N) is 2. The van der Waals surface area contributed by atoms with Gasteiger partial charge in [0.05, 0.1) is 32.7 Å². The van der Waals surface area contributed by atoms with E-state index in [9.17, 15) is 4.79 Å². The van der Waals surface area contributed by atoms with Gasteiger partial charge in [-0.05, 0) is 78.7 Å². The zero-order valence-electron chi connectivity index (χ0n) is 19.7. The van der Waals surface area contributed by atoms with E-state index in [-0.39, 0.29) is 5.91 Å². The summed E-state index contributed by atoms with van der Waals surface area (Å²) >= 11 is 6.06. The first-order chi connectivity index (χ1) is 17.0. The molecule has 0 atom stereocenters. The monoisotopic (exact) mass is 491 g/mol. The fourth-order valence-corrected chi connectivity index (χ4v) is 3.80. The molecule has 0 saturated heterocycles. The Bertz CT molecular complexity index is 1300. The summed E-state index contributed by atoms with van der Waals surface area (Å²) in [5.74, 6) is 1.84. The van der Waals surface area contributed by atoms with Gasteiger partial charge in [0, 0.05) is 17.1 Å². The van der Waals surface area contributed by atoms with Crippen molar-refractivity contribution in [3.05, 3.63) is 89.1 Å². The quantitative estimate of drug-likeness (QED) is 0.348. The molecule has 0 aliphatic carbocycles. The highest BCUT2D eigenvalue weighted by atomic mass is 35.5. The van der Waals surface area contributed by atoms with E-state index in [0.29, 0.717) is 40.9 Å². The molecule has 8 heteroatoms. The number of halogens is 1. The minimum absolute atomic E-state index is 0.229. The van der Waals surface area contributed by atoms with E-state index in [4.69, 9.17) is 30.9 Å². The van der Waals surface area contributed by atoms with Crippen molar-refractivity contribution in [3.8, 4) is 34.2 Å². The molecule has 1 N–H and O–H groups in total. The molecule has 4 aromatic rings. The third-order valence-electron chi connectivity index (χ3n) is 5.55. The highest BCUT2D eigenvalue weighted by Gasteiger charge is 2.18. The molecule has 1 heterocycles. The lowest BCUT2D eigenvalue weighted by atomic mass is 10.1. The van der Waals surface area contributed by atoms with E-state index in [1.807, 2.05) is 54.6 Å². The lowest BCUT2D eigenvalue weighted by molar-refractivity contribution is 0.0946. The van der Waals surface area contributed by atoms with Crippen molar-refractivity contribution >= 4 is 17.5 Å². The van der Waals surface area contributed by atoms with Gasteiger partial charge in [-0.3, -0.25) is 4.79 Å². The van der Waals surface area contributed by atoms with E-state index in [1.165, 1.54) is 0 Å². The molecule has 1 amide bonds. The van der Waals surface area contributed by atoms with Crippen LogP contribution in [0.5, 0.6) is 17.2 Å². The van der Waals surface area contributed by atoms with Crippen LogP contribution in [0.4, 0.5) is 0 Å². The predicted octanol–water partition coefficient (Wildman–Crippen LogP) is 5.19. The number of hydrogen-bond donors (Lipinski definition) is 1. The van der Waals surface area contributed by atoms with Crippen LogP contribution in [0, 0.1) is 0 Å². The molecule has 0 aliphatic rings. The molecule has 0 spiro atoms. The molecule has 0 fully saturated rings. The van der Waals surface area contributed by atoms with Crippen LogP contribution in [-0.4, -0.2) is 43.6 Å². The smallest absolute Gasteiger partial charge is 0.270 e. The van der Waals surface area contributed by atoms with Crippen LogP contribution in [0.3, 0.4) is 0 Å². The van der Waals surface area contributed by atoms with E-state index < -0.39 is 0 Å². The average Bonchev–Trinajstić information content (AvgIpc) is 3.34. The Labute approximate surface area is 209 Å². The Balaban J connectivity index is 1.56. The molecule has 0 bridgehead atoms. The van der Waals surface area contributed by atoms with Crippen LogP contribution in [0.2, 0.25) is 5.02 Å². The van der Waals surface area contributed by atoms with Crippen molar-refractivity contribution in [2.75, 3.05) is 27.9 Å². The second-order valence-corrected chi connectivity index (χ2v) is 8.16. The lowest BCUT2D eigenvalue weighted by Crippen LogP contribution is -2.27. The summed E-state index contributed by atoms with van der Waals surface area (Å²) in [5.41, 5.74) is 3.73. The first kappa shape index (κ1) is 24.2. The van der Waals surface area contributed by atoms with Gasteiger partial charge in [0.15, 0.2) is 11.5 Å². The molecule has 1 aromatic heterocycles. The van der Waals surface area contributed by atoms with Gasteiger partial charge < -0.3 is 19.5 Å². The van der Waals surface area contributed by atoms with Crippen molar-refractivity contribution in [2.24, 2.45) is 0 Å². The summed E-state index contributed by atoms with van der Waals surface area (Å²) < 4.78 is 17.5. The summed E-state index contributed by atoms with van der Waals surface area (Å²) in [5, 5.41) is 8.32. The second-order valence-electron chi connectivity index (χ2n) is 7.73. The zero-order chi connectivity index (χ0) is 24.8. The maximum Gasteiger partial charge on any atom is 0.270 e. The number of benzene rings is 3. The Kier molecular flexibility index (Phi) is 7.57. The van der Waals surface area contributed by atoms with Crippen LogP contribution in [-0.2, 0) is 6.42 Å². The fraction of sp³-hybridized carbons (Fsp3) is 0.185. The highest BCUT2D eigenvalue weighted by Crippen LogP contribution is 2.28. The van der Waals surface area contributed by atoms with Gasteiger partial charge in [-0.25, -0.2) is 4.68 Å². The van der Waals surface area contributed by atoms with Crippen molar-refractivity contribution in [3.63, 3.8) is 0 Å². The SMILES string of the molecule is COc1ccc(-c2cc(C(=O)NCCc3ccc(OC)c(OC)c3)n(-c3ccc(Cl)cc3)n2)cc1. The molecule has 0 saturated carbocycles. The minimum Gasteiger partial charge on any atom is -0.497 e. The topological polar surface area (TPSA) is 74.6 Å². The largest absolute Gasteiger partial charge is 0.497 e. The van der Waals surface area contributed by atoms with Crippen LogP contribution < -0.4 is 19.5 Å². The van der Waals surface area contributed by atoms with E-state index in [2.05, 4.69) is 5.32 Å². The normalized spacial score (nSPS) is 10.6. The van der Waals surface area contributed by atoms with Gasteiger partial charge in [-0.1, -0.05) is 17.7 Å². The number of methoxy groups -OCH3 is 3. The molecule has 3 aromatic carbocycles. The third-order valence-corrected chi connectivity index (χ3v) is 5.80. The molecular weight excluding hydrogens is 466 g/mol. The summed E-state index contributed by atoms with van der Waals surface area (Å²) in [6.45, 7) is 0.442. The standard InChI is InChI=1S/C27H26ClN3O4/c1-33-22-11-5-19(6-12-22)23-17-24(31(30-23)21-9-7-20(28)8-10-21)27(32)29-15-14-18-4-13-25(34-2)26(16-18)35-3/h4-13,16-17H,14-15H2,1-3H3,(H,29,32). The van der Waals surface area contributed by atoms with Crippen molar-refractivity contribution in [1.82, 2.24) is 15.1 Å². The number of carbonyl (C=O) groups excluding carboxylic acids is 1. The number of carbonyl (C=O) groups is 1. The summed E-state index contributed by atoms with van der Waals surface area (Å²) in [6, 6.07) is 22.2. The summed E-state index contributed by atoms with van der Waals surface area (Å²) in [4.78, 5) is 13.2. The summed E-state index contributed by atoms with van der Waals surface area (Å²) in [7, 11) is 4.82. The zero-order valence-corrected chi connectivity index (χ0v) is 20.5. The molecular formula is C27H26ClN3O4. The number of amides is 1. The van der Waals surface area contributed by atoms with Crippen LogP contribution in [0.25, 0.3) is 16.9 Å². The first-order valence-electron chi connectivity index (χ1n) is 11.0. The van der Waals surface area contributed by atoms with Gasteiger partial charge >= 0.3 is 0 Å². The molecule has 35 heavy (non-hydrogen) atoms. The number of hydrogen-bond acceptors (Lipinski definition) is 5. The Morgan fingerprint density at radius 3 is 2.26 bits per heavy atom. The van der Waals surface area contributed by atoms with E-state index in [1.54, 1.807) is 44.2 Å². The van der Waals surface area contributed by atoms with Gasteiger partial charge in [-0.2, -0.15) is 5.10 Å². The predicted molar refractivity (Wildman–Crippen MR) is 136 cm³/mol. The fourth-order valence-electron chi connectivity index (χ4n) is 3.67. The Morgan fingerprint density at radius 1 is 0.886 bits per heavy atom. The van der Waals surface area contributed by atoms with Gasteiger partial charge in [0.1, 0.15) is 11.4 Å². The average molecular weight is 492 g/mol. The Morgan fingerprint density at radius 2 is 1.60 bits per heavy atom. The Hall–Kier alpha value is -3.97.